The van der Waals surface area contributed by atoms with Gasteiger partial charge in [-0.25, -0.2) is 0 Å². The van der Waals surface area contributed by atoms with E-state index in [-0.39, 0.29) is 5.91 Å². The van der Waals surface area contributed by atoms with E-state index in [0.717, 1.165) is 54.8 Å². The molecule has 1 fully saturated rings. The lowest BCUT2D eigenvalue weighted by Crippen LogP contribution is -2.30. The second kappa shape index (κ2) is 9.47. The van der Waals surface area contributed by atoms with E-state index in [4.69, 9.17) is 0 Å². The van der Waals surface area contributed by atoms with E-state index in [1.807, 2.05) is 38.1 Å². The second-order valence-electron chi connectivity index (χ2n) is 7.36. The molecule has 1 aliphatic heterocycles. The highest BCUT2D eigenvalue weighted by atomic mass is 19.4. The van der Waals surface area contributed by atoms with Crippen molar-refractivity contribution >= 4 is 11.5 Å². The average Bonchev–Trinajstić information content (AvgIpc) is 2.76. The first-order valence-corrected chi connectivity index (χ1v) is 10.3. The summed E-state index contributed by atoms with van der Waals surface area (Å²) in [5.41, 5.74) is 3.83. The lowest BCUT2D eigenvalue weighted by molar-refractivity contribution is -0.137. The normalized spacial score (nSPS) is 14.5. The van der Waals surface area contributed by atoms with Gasteiger partial charge in [-0.05, 0) is 80.7 Å². The van der Waals surface area contributed by atoms with Gasteiger partial charge in [0.2, 0.25) is 0 Å². The molecule has 1 heterocycles. The van der Waals surface area contributed by atoms with Crippen molar-refractivity contribution in [3.8, 4) is 0 Å². The standard InChI is InChI=1S/C24H27F3N2O/c1-3-29(4-2)23(30)20-7-5-17(6-8-20)22(19-13-15-28-16-14-19)18-9-11-21(12-10-18)24(25,26)27/h5-12,28H,3-4,13-16H2,1-2H3. The van der Waals surface area contributed by atoms with Gasteiger partial charge in [-0.15, -0.1) is 0 Å². The zero-order valence-corrected chi connectivity index (χ0v) is 17.4. The van der Waals surface area contributed by atoms with E-state index in [0.29, 0.717) is 18.7 Å². The smallest absolute Gasteiger partial charge is 0.339 e. The van der Waals surface area contributed by atoms with Crippen molar-refractivity contribution in [2.75, 3.05) is 26.2 Å². The Morgan fingerprint density at radius 1 is 0.867 bits per heavy atom. The van der Waals surface area contributed by atoms with Crippen molar-refractivity contribution in [3.05, 3.63) is 76.4 Å². The zero-order chi connectivity index (χ0) is 21.7. The highest BCUT2D eigenvalue weighted by Gasteiger charge is 2.30. The molecule has 1 aliphatic rings. The van der Waals surface area contributed by atoms with E-state index >= 15 is 0 Å². The Hall–Kier alpha value is -2.60. The molecule has 0 bridgehead atoms. The van der Waals surface area contributed by atoms with E-state index in [1.54, 1.807) is 17.0 Å². The summed E-state index contributed by atoms with van der Waals surface area (Å²) in [7, 11) is 0. The Labute approximate surface area is 175 Å². The third kappa shape index (κ3) is 4.93. The maximum atomic E-state index is 13.0. The minimum Gasteiger partial charge on any atom is -0.339 e. The lowest BCUT2D eigenvalue weighted by Gasteiger charge is -2.22. The number of hydrogen-bond donors (Lipinski definition) is 1. The van der Waals surface area contributed by atoms with Crippen LogP contribution in [0.1, 0.15) is 53.7 Å². The topological polar surface area (TPSA) is 32.3 Å². The Bertz CT molecular complexity index is 888. The molecule has 3 rings (SSSR count). The summed E-state index contributed by atoms with van der Waals surface area (Å²) in [5.74, 6) is -0.0165. The van der Waals surface area contributed by atoms with Crippen LogP contribution in [0.25, 0.3) is 5.57 Å². The molecular weight excluding hydrogens is 389 g/mol. The van der Waals surface area contributed by atoms with Crippen LogP contribution in [0, 0.1) is 0 Å². The Morgan fingerprint density at radius 2 is 1.33 bits per heavy atom. The molecule has 1 amide bonds. The SMILES string of the molecule is CCN(CC)C(=O)c1ccc(C(=C2CCNCC2)c2ccc(C(F)(F)F)cc2)cc1. The molecule has 0 unspecified atom stereocenters. The van der Waals surface area contributed by atoms with Gasteiger partial charge in [0, 0.05) is 18.7 Å². The molecule has 160 valence electrons. The van der Waals surface area contributed by atoms with E-state index in [2.05, 4.69) is 5.32 Å². The summed E-state index contributed by atoms with van der Waals surface area (Å²) in [5, 5.41) is 3.32. The first-order valence-electron chi connectivity index (χ1n) is 10.3. The van der Waals surface area contributed by atoms with Crippen LogP contribution in [0.2, 0.25) is 0 Å². The van der Waals surface area contributed by atoms with Gasteiger partial charge in [0.1, 0.15) is 0 Å². The predicted octanol–water partition coefficient (Wildman–Crippen LogP) is 5.37. The van der Waals surface area contributed by atoms with Gasteiger partial charge in [-0.3, -0.25) is 4.79 Å². The Kier molecular flexibility index (Phi) is 6.98. The minimum absolute atomic E-state index is 0.0165. The highest BCUT2D eigenvalue weighted by Crippen LogP contribution is 2.34. The zero-order valence-electron chi connectivity index (χ0n) is 17.4. The van der Waals surface area contributed by atoms with Gasteiger partial charge in [0.05, 0.1) is 5.56 Å². The summed E-state index contributed by atoms with van der Waals surface area (Å²) >= 11 is 0. The number of alkyl halides is 3. The summed E-state index contributed by atoms with van der Waals surface area (Å²) < 4.78 is 39.0. The molecule has 0 saturated carbocycles. The fourth-order valence-electron chi connectivity index (χ4n) is 3.85. The Balaban J connectivity index is 1.99. The summed E-state index contributed by atoms with van der Waals surface area (Å²) in [6.45, 7) is 6.87. The van der Waals surface area contributed by atoms with Crippen molar-refractivity contribution in [1.29, 1.82) is 0 Å². The monoisotopic (exact) mass is 416 g/mol. The minimum atomic E-state index is -4.35. The number of amides is 1. The number of halogens is 3. The first kappa shape index (κ1) is 22.1. The Morgan fingerprint density at radius 3 is 1.80 bits per heavy atom. The fourth-order valence-corrected chi connectivity index (χ4v) is 3.85. The van der Waals surface area contributed by atoms with Crippen LogP contribution in [-0.4, -0.2) is 37.0 Å². The molecule has 0 atom stereocenters. The van der Waals surface area contributed by atoms with Gasteiger partial charge >= 0.3 is 6.18 Å². The van der Waals surface area contributed by atoms with Crippen molar-refractivity contribution in [1.82, 2.24) is 10.2 Å². The van der Waals surface area contributed by atoms with E-state index in [9.17, 15) is 18.0 Å². The molecule has 6 heteroatoms. The number of nitrogens with one attached hydrogen (secondary N) is 1. The molecule has 2 aromatic rings. The number of rotatable bonds is 5. The van der Waals surface area contributed by atoms with Gasteiger partial charge in [0.25, 0.3) is 5.91 Å². The van der Waals surface area contributed by atoms with Crippen LogP contribution in [0.15, 0.2) is 54.1 Å². The number of benzene rings is 2. The molecule has 30 heavy (non-hydrogen) atoms. The van der Waals surface area contributed by atoms with Crippen LogP contribution >= 0.6 is 0 Å². The molecule has 0 radical (unpaired) electrons. The van der Waals surface area contributed by atoms with Crippen molar-refractivity contribution in [2.24, 2.45) is 0 Å². The number of piperidine rings is 1. The average molecular weight is 416 g/mol. The van der Waals surface area contributed by atoms with Gasteiger partial charge in [-0.2, -0.15) is 13.2 Å². The molecule has 0 spiro atoms. The second-order valence-corrected chi connectivity index (χ2v) is 7.36. The number of hydrogen-bond acceptors (Lipinski definition) is 2. The quantitative estimate of drug-likeness (QED) is 0.710. The molecular formula is C24H27F3N2O. The molecule has 1 N–H and O–H groups in total. The molecule has 2 aromatic carbocycles. The maximum Gasteiger partial charge on any atom is 0.416 e. The van der Waals surface area contributed by atoms with E-state index < -0.39 is 11.7 Å². The summed E-state index contributed by atoms with van der Waals surface area (Å²) in [4.78, 5) is 14.4. The van der Waals surface area contributed by atoms with Crippen LogP contribution in [0.4, 0.5) is 13.2 Å². The predicted molar refractivity (Wildman–Crippen MR) is 113 cm³/mol. The third-order valence-electron chi connectivity index (χ3n) is 5.53. The number of nitrogens with zero attached hydrogens (tertiary/aromatic N) is 1. The van der Waals surface area contributed by atoms with Crippen LogP contribution in [0.3, 0.4) is 0 Å². The van der Waals surface area contributed by atoms with E-state index in [1.165, 1.54) is 5.57 Å². The molecule has 1 saturated heterocycles. The fraction of sp³-hybridized carbons (Fsp3) is 0.375. The van der Waals surface area contributed by atoms with Crippen molar-refractivity contribution in [2.45, 2.75) is 32.9 Å². The third-order valence-corrected chi connectivity index (χ3v) is 5.53. The van der Waals surface area contributed by atoms with Crippen LogP contribution < -0.4 is 5.32 Å². The maximum absolute atomic E-state index is 13.0. The number of carbonyl (C=O) groups is 1. The largest absolute Gasteiger partial charge is 0.416 e. The van der Waals surface area contributed by atoms with Crippen LogP contribution in [-0.2, 0) is 6.18 Å². The summed E-state index contributed by atoms with van der Waals surface area (Å²) in [6, 6.07) is 12.8. The van der Waals surface area contributed by atoms with Crippen molar-refractivity contribution in [3.63, 3.8) is 0 Å². The van der Waals surface area contributed by atoms with Gasteiger partial charge < -0.3 is 10.2 Å². The van der Waals surface area contributed by atoms with Gasteiger partial charge in [-0.1, -0.05) is 29.8 Å². The summed E-state index contributed by atoms with van der Waals surface area (Å²) in [6.07, 6.45) is -2.67. The first-order chi connectivity index (χ1) is 14.3. The molecule has 0 aromatic heterocycles. The molecule has 3 nitrogen and oxygen atoms in total. The number of carbonyl (C=O) groups excluding carboxylic acids is 1. The van der Waals surface area contributed by atoms with Crippen LogP contribution in [0.5, 0.6) is 0 Å². The molecule has 0 aliphatic carbocycles. The van der Waals surface area contributed by atoms with Gasteiger partial charge in [0.15, 0.2) is 0 Å². The van der Waals surface area contributed by atoms with Crippen molar-refractivity contribution < 1.29 is 18.0 Å². The lowest BCUT2D eigenvalue weighted by atomic mass is 9.88. The highest BCUT2D eigenvalue weighted by molar-refractivity contribution is 5.95.